The molecule has 0 bridgehead atoms. The van der Waals surface area contributed by atoms with E-state index in [-0.39, 0.29) is 18.5 Å². The van der Waals surface area contributed by atoms with Crippen LogP contribution in [0.2, 0.25) is 0 Å². The highest BCUT2D eigenvalue weighted by atomic mass is 16.3. The van der Waals surface area contributed by atoms with Gasteiger partial charge in [-0.05, 0) is 19.8 Å². The number of hydrogen-bond donors (Lipinski definition) is 4. The maximum absolute atomic E-state index is 11.7. The van der Waals surface area contributed by atoms with Crippen LogP contribution in [0.1, 0.15) is 33.6 Å². The van der Waals surface area contributed by atoms with E-state index in [2.05, 4.69) is 10.6 Å². The van der Waals surface area contributed by atoms with Crippen molar-refractivity contribution in [3.8, 4) is 0 Å². The van der Waals surface area contributed by atoms with Gasteiger partial charge >= 0.3 is 0 Å². The molecule has 0 aliphatic heterocycles. The molecule has 0 aliphatic rings. The summed E-state index contributed by atoms with van der Waals surface area (Å²) in [6.45, 7) is 5.66. The van der Waals surface area contributed by atoms with E-state index < -0.39 is 18.1 Å². The van der Waals surface area contributed by atoms with Crippen molar-refractivity contribution in [2.75, 3.05) is 6.54 Å². The molecule has 0 aromatic carbocycles. The molecular weight excluding hydrogens is 222 g/mol. The van der Waals surface area contributed by atoms with Crippen LogP contribution >= 0.6 is 0 Å². The molecule has 0 aliphatic carbocycles. The highest BCUT2D eigenvalue weighted by Crippen LogP contribution is 1.97. The highest BCUT2D eigenvalue weighted by Gasteiger charge is 2.18. The maximum atomic E-state index is 11.7. The molecule has 5 N–H and O–H groups in total. The average molecular weight is 245 g/mol. The summed E-state index contributed by atoms with van der Waals surface area (Å²) in [7, 11) is 0. The van der Waals surface area contributed by atoms with E-state index in [0.717, 1.165) is 12.8 Å². The SMILES string of the molecule is CCC(CC)NC(=O)C(C)NCC(O)C(N)=O. The first-order valence-corrected chi connectivity index (χ1v) is 5.93. The molecule has 2 unspecified atom stereocenters. The number of aliphatic hydroxyl groups excluding tert-OH is 1. The monoisotopic (exact) mass is 245 g/mol. The van der Waals surface area contributed by atoms with Crippen molar-refractivity contribution in [1.82, 2.24) is 10.6 Å². The Bertz CT molecular complexity index is 254. The van der Waals surface area contributed by atoms with Crippen molar-refractivity contribution >= 4 is 11.8 Å². The molecule has 6 nitrogen and oxygen atoms in total. The topological polar surface area (TPSA) is 104 Å². The van der Waals surface area contributed by atoms with E-state index in [9.17, 15) is 9.59 Å². The van der Waals surface area contributed by atoms with Gasteiger partial charge in [0.15, 0.2) is 0 Å². The largest absolute Gasteiger partial charge is 0.382 e. The van der Waals surface area contributed by atoms with Gasteiger partial charge in [-0.25, -0.2) is 0 Å². The molecule has 0 heterocycles. The smallest absolute Gasteiger partial charge is 0.247 e. The highest BCUT2D eigenvalue weighted by molar-refractivity contribution is 5.82. The van der Waals surface area contributed by atoms with Gasteiger partial charge in [0.2, 0.25) is 11.8 Å². The van der Waals surface area contributed by atoms with E-state index in [1.54, 1.807) is 6.92 Å². The van der Waals surface area contributed by atoms with Crippen LogP contribution in [0.3, 0.4) is 0 Å². The van der Waals surface area contributed by atoms with Crippen LogP contribution in [0.25, 0.3) is 0 Å². The summed E-state index contributed by atoms with van der Waals surface area (Å²) in [5, 5.41) is 14.8. The Kier molecular flexibility index (Phi) is 7.49. The number of hydrogen-bond acceptors (Lipinski definition) is 4. The predicted molar refractivity (Wildman–Crippen MR) is 65.2 cm³/mol. The van der Waals surface area contributed by atoms with E-state index >= 15 is 0 Å². The molecule has 0 fully saturated rings. The van der Waals surface area contributed by atoms with Crippen LogP contribution in [-0.2, 0) is 9.59 Å². The Morgan fingerprint density at radius 3 is 2.24 bits per heavy atom. The Hall–Kier alpha value is -1.14. The van der Waals surface area contributed by atoms with E-state index in [1.165, 1.54) is 0 Å². The molecule has 0 saturated heterocycles. The quantitative estimate of drug-likeness (QED) is 0.445. The van der Waals surface area contributed by atoms with Crippen molar-refractivity contribution in [1.29, 1.82) is 0 Å². The van der Waals surface area contributed by atoms with Crippen molar-refractivity contribution < 1.29 is 14.7 Å². The van der Waals surface area contributed by atoms with Gasteiger partial charge in [0.25, 0.3) is 0 Å². The second kappa shape index (κ2) is 8.03. The third-order valence-corrected chi connectivity index (χ3v) is 2.67. The third-order valence-electron chi connectivity index (χ3n) is 2.67. The van der Waals surface area contributed by atoms with Gasteiger partial charge < -0.3 is 21.5 Å². The van der Waals surface area contributed by atoms with Crippen LogP contribution in [0.5, 0.6) is 0 Å². The molecular formula is C11H23N3O3. The molecule has 2 atom stereocenters. The number of nitrogens with one attached hydrogen (secondary N) is 2. The Balaban J connectivity index is 4.01. The first-order valence-electron chi connectivity index (χ1n) is 5.93. The second-order valence-electron chi connectivity index (χ2n) is 4.07. The van der Waals surface area contributed by atoms with Crippen molar-refractivity contribution in [2.24, 2.45) is 5.73 Å². The molecule has 100 valence electrons. The van der Waals surface area contributed by atoms with Crippen LogP contribution < -0.4 is 16.4 Å². The lowest BCUT2D eigenvalue weighted by Gasteiger charge is -2.19. The second-order valence-corrected chi connectivity index (χ2v) is 4.07. The first-order chi connectivity index (χ1) is 7.92. The first kappa shape index (κ1) is 15.9. The lowest BCUT2D eigenvalue weighted by Crippen LogP contribution is -2.49. The van der Waals surface area contributed by atoms with Gasteiger partial charge in [0.05, 0.1) is 6.04 Å². The molecule has 17 heavy (non-hydrogen) atoms. The summed E-state index contributed by atoms with van der Waals surface area (Å²) >= 11 is 0. The summed E-state index contributed by atoms with van der Waals surface area (Å²) < 4.78 is 0. The summed E-state index contributed by atoms with van der Waals surface area (Å²) in [5.41, 5.74) is 4.89. The fraction of sp³-hybridized carbons (Fsp3) is 0.818. The molecule has 0 radical (unpaired) electrons. The standard InChI is InChI=1S/C11H23N3O3/c1-4-8(5-2)14-11(17)7(3)13-6-9(15)10(12)16/h7-9,13,15H,4-6H2,1-3H3,(H2,12,16)(H,14,17). The normalized spacial score (nSPS) is 14.4. The average Bonchev–Trinajstić information content (AvgIpc) is 2.31. The Labute approximate surface area is 102 Å². The van der Waals surface area contributed by atoms with Gasteiger partial charge in [-0.2, -0.15) is 0 Å². The summed E-state index contributed by atoms with van der Waals surface area (Å²) in [6, 6.07) is -0.308. The zero-order valence-corrected chi connectivity index (χ0v) is 10.7. The zero-order valence-electron chi connectivity index (χ0n) is 10.7. The third kappa shape index (κ3) is 6.23. The minimum absolute atomic E-state index is 0.0210. The molecule has 0 rings (SSSR count). The van der Waals surface area contributed by atoms with Gasteiger partial charge in [-0.3, -0.25) is 9.59 Å². The molecule has 0 aromatic heterocycles. The van der Waals surface area contributed by atoms with Crippen molar-refractivity contribution in [3.05, 3.63) is 0 Å². The van der Waals surface area contributed by atoms with Gasteiger partial charge in [0, 0.05) is 12.6 Å². The fourth-order valence-electron chi connectivity index (χ4n) is 1.30. The lowest BCUT2D eigenvalue weighted by atomic mass is 10.1. The number of nitrogens with two attached hydrogens (primary N) is 1. The maximum Gasteiger partial charge on any atom is 0.247 e. The number of carbonyl (C=O) groups is 2. The van der Waals surface area contributed by atoms with E-state index in [0.29, 0.717) is 0 Å². The van der Waals surface area contributed by atoms with E-state index in [4.69, 9.17) is 10.8 Å². The fourth-order valence-corrected chi connectivity index (χ4v) is 1.30. The van der Waals surface area contributed by atoms with Crippen molar-refractivity contribution in [2.45, 2.75) is 51.8 Å². The number of amides is 2. The van der Waals surface area contributed by atoms with Crippen LogP contribution in [0.15, 0.2) is 0 Å². The van der Waals surface area contributed by atoms with Crippen molar-refractivity contribution in [3.63, 3.8) is 0 Å². The Morgan fingerprint density at radius 1 is 1.29 bits per heavy atom. The number of carbonyl (C=O) groups excluding carboxylic acids is 2. The number of aliphatic hydroxyl groups is 1. The predicted octanol–water partition coefficient (Wildman–Crippen LogP) is -0.884. The van der Waals surface area contributed by atoms with Gasteiger partial charge in [-0.15, -0.1) is 0 Å². The van der Waals surface area contributed by atoms with Gasteiger partial charge in [0.1, 0.15) is 6.10 Å². The van der Waals surface area contributed by atoms with Crippen LogP contribution in [0, 0.1) is 0 Å². The molecule has 0 spiro atoms. The number of rotatable bonds is 8. The minimum atomic E-state index is -1.27. The summed E-state index contributed by atoms with van der Waals surface area (Å²) in [4.78, 5) is 22.3. The summed E-state index contributed by atoms with van der Waals surface area (Å²) in [6.07, 6.45) is 0.482. The molecule has 0 aromatic rings. The summed E-state index contributed by atoms with van der Waals surface area (Å²) in [5.74, 6) is -0.944. The number of primary amides is 1. The Morgan fingerprint density at radius 2 is 1.82 bits per heavy atom. The van der Waals surface area contributed by atoms with E-state index in [1.807, 2.05) is 13.8 Å². The van der Waals surface area contributed by atoms with Gasteiger partial charge in [-0.1, -0.05) is 13.8 Å². The zero-order chi connectivity index (χ0) is 13.4. The van der Waals surface area contributed by atoms with Crippen LogP contribution in [-0.4, -0.2) is 41.7 Å². The molecule has 0 saturated carbocycles. The molecule has 2 amide bonds. The lowest BCUT2D eigenvalue weighted by molar-refractivity contribution is -0.127. The molecule has 6 heteroatoms. The minimum Gasteiger partial charge on any atom is -0.382 e. The van der Waals surface area contributed by atoms with Crippen LogP contribution in [0.4, 0.5) is 0 Å².